The van der Waals surface area contributed by atoms with E-state index in [9.17, 15) is 15.2 Å². The molecule has 0 atom stereocenters. The van der Waals surface area contributed by atoms with E-state index in [-0.39, 0.29) is 30.2 Å². The molecule has 4 rings (SSSR count). The third-order valence-electron chi connectivity index (χ3n) is 4.90. The largest absolute Gasteiger partial charge is 0.507 e. The lowest BCUT2D eigenvalue weighted by Gasteiger charge is -2.05. The topological polar surface area (TPSA) is 115 Å². The lowest BCUT2D eigenvalue weighted by Crippen LogP contribution is -2.09. The molecule has 0 aliphatic carbocycles. The predicted molar refractivity (Wildman–Crippen MR) is 113 cm³/mol. The van der Waals surface area contributed by atoms with E-state index in [1.54, 1.807) is 6.07 Å². The highest BCUT2D eigenvalue weighted by Crippen LogP contribution is 2.20. The average molecular weight is 400 g/mol. The van der Waals surface area contributed by atoms with Gasteiger partial charge in [-0.1, -0.05) is 30.3 Å². The number of imidazole rings is 1. The fourth-order valence-electron chi connectivity index (χ4n) is 3.38. The molecule has 0 saturated heterocycles. The normalized spacial score (nSPS) is 12.0. The number of fused-ring (bicyclic) bond motifs is 2. The Balaban J connectivity index is 1.33. The number of hydrogen-bond donors (Lipinski definition) is 3. The van der Waals surface area contributed by atoms with E-state index in [4.69, 9.17) is 4.74 Å². The van der Waals surface area contributed by atoms with E-state index in [2.05, 4.69) is 15.0 Å². The van der Waals surface area contributed by atoms with Gasteiger partial charge in [0.25, 0.3) is 0 Å². The number of H-pyrrole nitrogens is 2. The molecule has 0 bridgehead atoms. The van der Waals surface area contributed by atoms with Crippen molar-refractivity contribution in [3.8, 4) is 6.07 Å². The minimum Gasteiger partial charge on any atom is -0.507 e. The minimum atomic E-state index is -0.428. The van der Waals surface area contributed by atoms with Gasteiger partial charge in [-0.25, -0.2) is 4.98 Å². The lowest BCUT2D eigenvalue weighted by molar-refractivity contribution is -0.143. The Labute approximate surface area is 172 Å². The zero-order chi connectivity index (χ0) is 20.9. The van der Waals surface area contributed by atoms with Gasteiger partial charge in [0.15, 0.2) is 11.6 Å². The van der Waals surface area contributed by atoms with Gasteiger partial charge in [-0.3, -0.25) is 4.79 Å². The maximum atomic E-state index is 12.1. The van der Waals surface area contributed by atoms with Crippen molar-refractivity contribution in [3.05, 3.63) is 71.9 Å². The molecule has 0 radical (unpaired) electrons. The van der Waals surface area contributed by atoms with Crippen LogP contribution in [0.15, 0.2) is 60.5 Å². The van der Waals surface area contributed by atoms with E-state index >= 15 is 0 Å². The molecule has 0 aliphatic heterocycles. The van der Waals surface area contributed by atoms with Gasteiger partial charge in [-0.05, 0) is 36.6 Å². The molecule has 0 unspecified atom stereocenters. The van der Waals surface area contributed by atoms with Crippen LogP contribution in [-0.4, -0.2) is 32.6 Å². The fourth-order valence-corrected chi connectivity index (χ4v) is 3.38. The van der Waals surface area contributed by atoms with Crippen LogP contribution in [0.5, 0.6) is 0 Å². The molecule has 7 nitrogen and oxygen atoms in total. The van der Waals surface area contributed by atoms with Crippen LogP contribution in [0.25, 0.3) is 27.5 Å². The Morgan fingerprint density at radius 3 is 2.70 bits per heavy atom. The molecule has 150 valence electrons. The molecule has 2 heterocycles. The van der Waals surface area contributed by atoms with Crippen molar-refractivity contribution in [1.29, 1.82) is 5.26 Å². The molecular weight excluding hydrogens is 380 g/mol. The monoisotopic (exact) mass is 400 g/mol. The van der Waals surface area contributed by atoms with Gasteiger partial charge in [-0.15, -0.1) is 0 Å². The number of aliphatic hydroxyl groups is 1. The second-order valence-corrected chi connectivity index (χ2v) is 6.91. The molecule has 0 aliphatic rings. The summed E-state index contributed by atoms with van der Waals surface area (Å²) in [5.41, 5.74) is 3.61. The van der Waals surface area contributed by atoms with Crippen molar-refractivity contribution >= 4 is 33.5 Å². The number of hydrogen-bond acceptors (Lipinski definition) is 5. The Kier molecular flexibility index (Phi) is 5.48. The van der Waals surface area contributed by atoms with Crippen molar-refractivity contribution in [2.45, 2.75) is 19.3 Å². The Morgan fingerprint density at radius 2 is 1.90 bits per heavy atom. The summed E-state index contributed by atoms with van der Waals surface area (Å²) in [6.45, 7) is -0.369. The molecule has 30 heavy (non-hydrogen) atoms. The lowest BCUT2D eigenvalue weighted by atomic mass is 10.1. The van der Waals surface area contributed by atoms with E-state index in [1.165, 1.54) is 0 Å². The molecule has 3 N–H and O–H groups in total. The fraction of sp³-hybridized carbons (Fsp3) is 0.174. The van der Waals surface area contributed by atoms with Gasteiger partial charge in [-0.2, -0.15) is 5.26 Å². The molecular formula is C23H20N4O3. The third-order valence-corrected chi connectivity index (χ3v) is 4.90. The van der Waals surface area contributed by atoms with Crippen LogP contribution in [0.4, 0.5) is 0 Å². The first kappa shape index (κ1) is 19.3. The second kappa shape index (κ2) is 8.53. The number of allylic oxidation sites excluding steroid dienone is 1. The number of aryl methyl sites for hydroxylation is 1. The Bertz CT molecular complexity index is 1240. The Hall–Kier alpha value is -4.05. The van der Waals surface area contributed by atoms with Crippen LogP contribution in [-0.2, 0) is 16.0 Å². The minimum absolute atomic E-state index is 0.0437. The summed E-state index contributed by atoms with van der Waals surface area (Å²) in [5.74, 6) is -0.517. The average Bonchev–Trinajstić information content (AvgIpc) is 3.37. The van der Waals surface area contributed by atoms with Gasteiger partial charge in [0, 0.05) is 23.5 Å². The smallest absolute Gasteiger partial charge is 0.306 e. The number of benzene rings is 2. The van der Waals surface area contributed by atoms with E-state index < -0.39 is 5.97 Å². The number of carbonyl (C=O) groups is 1. The van der Waals surface area contributed by atoms with E-state index in [0.29, 0.717) is 11.9 Å². The first-order valence-corrected chi connectivity index (χ1v) is 9.63. The van der Waals surface area contributed by atoms with E-state index in [1.807, 2.05) is 54.7 Å². The summed E-state index contributed by atoms with van der Waals surface area (Å²) in [4.78, 5) is 22.6. The number of nitrogens with one attached hydrogen (secondary N) is 2. The zero-order valence-corrected chi connectivity index (χ0v) is 16.2. The second-order valence-electron chi connectivity index (χ2n) is 6.91. The highest BCUT2D eigenvalue weighted by Gasteiger charge is 2.15. The van der Waals surface area contributed by atoms with Crippen LogP contribution >= 0.6 is 0 Å². The van der Waals surface area contributed by atoms with Crippen molar-refractivity contribution in [1.82, 2.24) is 15.0 Å². The molecule has 7 heteroatoms. The highest BCUT2D eigenvalue weighted by molar-refractivity contribution is 5.84. The molecule has 0 fully saturated rings. The SMILES string of the molecule is N#C/C(=C(/O)COC(=O)CCCc1c[nH]c2ccccc12)c1nc2ccccc2[nH]1. The summed E-state index contributed by atoms with van der Waals surface area (Å²) < 4.78 is 5.14. The number of rotatable bonds is 7. The number of aliphatic hydroxyl groups excluding tert-OH is 1. The molecule has 4 aromatic rings. The molecule has 2 aromatic heterocycles. The van der Waals surface area contributed by atoms with Crippen LogP contribution in [0.3, 0.4) is 0 Å². The van der Waals surface area contributed by atoms with Gasteiger partial charge >= 0.3 is 5.97 Å². The zero-order valence-electron chi connectivity index (χ0n) is 16.2. The van der Waals surface area contributed by atoms with Gasteiger partial charge in [0.2, 0.25) is 0 Å². The van der Waals surface area contributed by atoms with Crippen molar-refractivity contribution in [2.75, 3.05) is 6.61 Å². The first-order valence-electron chi connectivity index (χ1n) is 9.63. The third kappa shape index (κ3) is 4.03. The molecule has 0 amide bonds. The molecule has 0 saturated carbocycles. The molecule has 0 spiro atoms. The standard InChI is InChI=1S/C23H20N4O3/c24-12-17(23-26-19-9-3-4-10-20(19)27-23)21(28)14-30-22(29)11-5-6-15-13-25-18-8-2-1-7-16(15)18/h1-4,7-10,13,25,28H,5-6,11,14H2,(H,26,27)/b21-17-. The van der Waals surface area contributed by atoms with Gasteiger partial charge < -0.3 is 19.8 Å². The van der Waals surface area contributed by atoms with Crippen molar-refractivity contribution in [3.63, 3.8) is 0 Å². The van der Waals surface area contributed by atoms with Crippen molar-refractivity contribution in [2.24, 2.45) is 0 Å². The van der Waals surface area contributed by atoms with Gasteiger partial charge in [0.1, 0.15) is 18.2 Å². The van der Waals surface area contributed by atoms with Crippen LogP contribution in [0.2, 0.25) is 0 Å². The first-order chi connectivity index (χ1) is 14.7. The Morgan fingerprint density at radius 1 is 1.13 bits per heavy atom. The number of para-hydroxylation sites is 3. The van der Waals surface area contributed by atoms with E-state index in [0.717, 1.165) is 28.4 Å². The number of aromatic nitrogens is 3. The number of esters is 1. The van der Waals surface area contributed by atoms with Gasteiger partial charge in [0.05, 0.1) is 11.0 Å². The number of aromatic amines is 2. The summed E-state index contributed by atoms with van der Waals surface area (Å²) in [7, 11) is 0. The summed E-state index contributed by atoms with van der Waals surface area (Å²) >= 11 is 0. The van der Waals surface area contributed by atoms with Crippen molar-refractivity contribution < 1.29 is 14.6 Å². The number of nitriles is 1. The summed E-state index contributed by atoms with van der Waals surface area (Å²) in [5, 5.41) is 20.8. The predicted octanol–water partition coefficient (Wildman–Crippen LogP) is 4.40. The molecule has 2 aromatic carbocycles. The van der Waals surface area contributed by atoms with Crippen LogP contribution in [0, 0.1) is 11.3 Å². The number of nitrogens with zero attached hydrogens (tertiary/aromatic N) is 2. The van der Waals surface area contributed by atoms with Crippen LogP contribution < -0.4 is 0 Å². The summed E-state index contributed by atoms with van der Waals surface area (Å²) in [6.07, 6.45) is 3.54. The highest BCUT2D eigenvalue weighted by atomic mass is 16.5. The maximum absolute atomic E-state index is 12.1. The number of ether oxygens (including phenoxy) is 1. The van der Waals surface area contributed by atoms with Crippen LogP contribution in [0.1, 0.15) is 24.2 Å². The summed E-state index contributed by atoms with van der Waals surface area (Å²) in [6, 6.07) is 17.2. The number of carbonyl (C=O) groups excluding carboxylic acids is 1. The quantitative estimate of drug-likeness (QED) is 0.242. The maximum Gasteiger partial charge on any atom is 0.306 e.